The second-order valence-corrected chi connectivity index (χ2v) is 6.41. The van der Waals surface area contributed by atoms with Gasteiger partial charge in [-0.25, -0.2) is 4.79 Å². The van der Waals surface area contributed by atoms with Gasteiger partial charge in [0.05, 0.1) is 0 Å². The quantitative estimate of drug-likeness (QED) is 0.456. The van der Waals surface area contributed by atoms with Crippen LogP contribution < -0.4 is 10.6 Å². The molecule has 6 nitrogen and oxygen atoms in total. The van der Waals surface area contributed by atoms with Crippen LogP contribution in [-0.4, -0.2) is 34.4 Å². The predicted octanol–water partition coefficient (Wildman–Crippen LogP) is 3.74. The highest BCUT2D eigenvalue weighted by Crippen LogP contribution is 2.29. The van der Waals surface area contributed by atoms with Crippen molar-refractivity contribution in [2.45, 2.75) is 19.4 Å². The van der Waals surface area contributed by atoms with Crippen LogP contribution in [0.5, 0.6) is 5.75 Å². The fourth-order valence-corrected chi connectivity index (χ4v) is 2.99. The normalized spacial score (nSPS) is 10.8. The number of nitrogens with zero attached hydrogens (tertiary/aromatic N) is 1. The smallest absolute Gasteiger partial charge is 0.404 e. The van der Waals surface area contributed by atoms with Gasteiger partial charge >= 0.3 is 6.09 Å². The number of phenols is 1. The molecule has 0 bridgehead atoms. The first kappa shape index (κ1) is 18.7. The molecule has 4 N–H and O–H groups in total. The number of nitrogens with one attached hydrogen (secondary N) is 2. The Morgan fingerprint density at radius 1 is 1.00 bits per heavy atom. The fourth-order valence-electron chi connectivity index (χ4n) is 2.99. The fraction of sp³-hybridized carbons (Fsp3) is 0.238. The molecule has 0 aliphatic carbocycles. The van der Waals surface area contributed by atoms with Crippen LogP contribution >= 0.6 is 0 Å². The number of benzene rings is 2. The Balaban J connectivity index is 1.65. The molecule has 0 aliphatic heterocycles. The molecule has 27 heavy (non-hydrogen) atoms. The first-order chi connectivity index (χ1) is 13.1. The summed E-state index contributed by atoms with van der Waals surface area (Å²) in [5.41, 5.74) is 3.23. The van der Waals surface area contributed by atoms with E-state index in [1.165, 1.54) is 5.56 Å². The third-order valence-corrected chi connectivity index (χ3v) is 4.39. The van der Waals surface area contributed by atoms with Crippen molar-refractivity contribution in [3.8, 4) is 16.9 Å². The lowest BCUT2D eigenvalue weighted by Crippen LogP contribution is -2.23. The van der Waals surface area contributed by atoms with Crippen LogP contribution in [-0.2, 0) is 6.54 Å². The van der Waals surface area contributed by atoms with Gasteiger partial charge in [-0.05, 0) is 54.1 Å². The molecule has 0 radical (unpaired) electrons. The van der Waals surface area contributed by atoms with Crippen LogP contribution in [0.1, 0.15) is 18.4 Å². The number of rotatable bonds is 8. The number of fused-ring (bicyclic) bond motifs is 1. The molecule has 3 aromatic rings. The minimum atomic E-state index is -0.974. The molecule has 2 aromatic carbocycles. The van der Waals surface area contributed by atoms with E-state index >= 15 is 0 Å². The van der Waals surface area contributed by atoms with Crippen molar-refractivity contribution in [2.75, 3.05) is 13.1 Å². The monoisotopic (exact) mass is 365 g/mol. The van der Waals surface area contributed by atoms with E-state index in [9.17, 15) is 9.90 Å². The minimum Gasteiger partial charge on any atom is -0.508 e. The SMILES string of the molecule is O=C(O)NCCCCNCc1ccc2cncc(-c3ccc(O)cc3)c2c1. The number of hydrogen-bond donors (Lipinski definition) is 4. The molecule has 0 saturated carbocycles. The van der Waals surface area contributed by atoms with E-state index in [-0.39, 0.29) is 5.75 Å². The lowest BCUT2D eigenvalue weighted by molar-refractivity contribution is 0.194. The molecule has 6 heteroatoms. The largest absolute Gasteiger partial charge is 0.508 e. The molecule has 0 unspecified atom stereocenters. The highest BCUT2D eigenvalue weighted by atomic mass is 16.4. The van der Waals surface area contributed by atoms with Gasteiger partial charge in [0.15, 0.2) is 0 Å². The molecule has 0 aliphatic rings. The zero-order valence-corrected chi connectivity index (χ0v) is 15.0. The van der Waals surface area contributed by atoms with E-state index in [0.717, 1.165) is 47.8 Å². The number of phenolic OH excluding ortho intramolecular Hbond substituents is 1. The van der Waals surface area contributed by atoms with Gasteiger partial charge in [0.2, 0.25) is 0 Å². The van der Waals surface area contributed by atoms with Crippen LogP contribution in [0.4, 0.5) is 4.79 Å². The first-order valence-corrected chi connectivity index (χ1v) is 8.97. The molecule has 1 amide bonds. The highest BCUT2D eigenvalue weighted by molar-refractivity contribution is 5.96. The van der Waals surface area contributed by atoms with Crippen molar-refractivity contribution in [3.63, 3.8) is 0 Å². The Hall–Kier alpha value is -3.12. The zero-order chi connectivity index (χ0) is 19.1. The molecule has 1 heterocycles. The van der Waals surface area contributed by atoms with E-state index in [0.29, 0.717) is 6.54 Å². The number of pyridine rings is 1. The maximum Gasteiger partial charge on any atom is 0.404 e. The van der Waals surface area contributed by atoms with Gasteiger partial charge in [-0.3, -0.25) is 4.98 Å². The number of carboxylic acid groups (broad SMARTS) is 1. The Kier molecular flexibility index (Phi) is 6.22. The van der Waals surface area contributed by atoms with Crippen LogP contribution in [0.25, 0.3) is 21.9 Å². The summed E-state index contributed by atoms with van der Waals surface area (Å²) in [5.74, 6) is 0.246. The Bertz CT molecular complexity index is 910. The van der Waals surface area contributed by atoms with Crippen molar-refractivity contribution in [1.29, 1.82) is 0 Å². The van der Waals surface area contributed by atoms with Gasteiger partial charge in [0.1, 0.15) is 5.75 Å². The van der Waals surface area contributed by atoms with Crippen molar-refractivity contribution < 1.29 is 15.0 Å². The van der Waals surface area contributed by atoms with E-state index in [1.807, 2.05) is 24.5 Å². The van der Waals surface area contributed by atoms with E-state index < -0.39 is 6.09 Å². The average Bonchev–Trinajstić information content (AvgIpc) is 2.67. The van der Waals surface area contributed by atoms with Gasteiger partial charge in [0, 0.05) is 36.4 Å². The molecule has 140 valence electrons. The second-order valence-electron chi connectivity index (χ2n) is 6.41. The Labute approximate surface area is 157 Å². The predicted molar refractivity (Wildman–Crippen MR) is 106 cm³/mol. The van der Waals surface area contributed by atoms with Crippen molar-refractivity contribution in [3.05, 3.63) is 60.4 Å². The first-order valence-electron chi connectivity index (χ1n) is 8.97. The van der Waals surface area contributed by atoms with Crippen LogP contribution in [0.3, 0.4) is 0 Å². The van der Waals surface area contributed by atoms with Crippen molar-refractivity contribution in [2.24, 2.45) is 0 Å². The number of hydrogen-bond acceptors (Lipinski definition) is 4. The summed E-state index contributed by atoms with van der Waals surface area (Å²) in [6, 6.07) is 13.5. The van der Waals surface area contributed by atoms with Gasteiger partial charge < -0.3 is 20.8 Å². The number of amides is 1. The van der Waals surface area contributed by atoms with Crippen molar-refractivity contribution in [1.82, 2.24) is 15.6 Å². The summed E-state index contributed by atoms with van der Waals surface area (Å²) in [7, 11) is 0. The summed E-state index contributed by atoms with van der Waals surface area (Å²) in [6.07, 6.45) is 4.45. The Morgan fingerprint density at radius 2 is 1.78 bits per heavy atom. The van der Waals surface area contributed by atoms with Crippen LogP contribution in [0.2, 0.25) is 0 Å². The van der Waals surface area contributed by atoms with Gasteiger partial charge in [-0.2, -0.15) is 0 Å². The number of carbonyl (C=O) groups is 1. The Morgan fingerprint density at radius 3 is 2.56 bits per heavy atom. The van der Waals surface area contributed by atoms with Crippen LogP contribution in [0, 0.1) is 0 Å². The molecular weight excluding hydrogens is 342 g/mol. The standard InChI is InChI=1S/C21H23N3O3/c25-18-7-5-16(6-8-18)20-14-23-13-17-4-3-15(11-19(17)20)12-22-9-1-2-10-24-21(26)27/h3-8,11,13-14,22,24-25H,1-2,9-10,12H2,(H,26,27). The average molecular weight is 365 g/mol. The topological polar surface area (TPSA) is 94.5 Å². The number of aromatic hydroxyl groups is 1. The van der Waals surface area contributed by atoms with E-state index in [2.05, 4.69) is 33.8 Å². The molecule has 1 aromatic heterocycles. The lowest BCUT2D eigenvalue weighted by Gasteiger charge is -2.10. The van der Waals surface area contributed by atoms with E-state index in [4.69, 9.17) is 5.11 Å². The molecule has 0 atom stereocenters. The zero-order valence-electron chi connectivity index (χ0n) is 15.0. The molecule has 0 saturated heterocycles. The van der Waals surface area contributed by atoms with Gasteiger partial charge in [0.25, 0.3) is 0 Å². The van der Waals surface area contributed by atoms with Crippen LogP contribution in [0.15, 0.2) is 54.9 Å². The third-order valence-electron chi connectivity index (χ3n) is 4.39. The lowest BCUT2D eigenvalue weighted by atomic mass is 9.99. The maximum absolute atomic E-state index is 10.4. The molecular formula is C21H23N3O3. The summed E-state index contributed by atoms with van der Waals surface area (Å²) < 4.78 is 0. The summed E-state index contributed by atoms with van der Waals surface area (Å²) in [5, 5.41) is 26.0. The van der Waals surface area contributed by atoms with E-state index in [1.54, 1.807) is 12.1 Å². The van der Waals surface area contributed by atoms with Crippen molar-refractivity contribution >= 4 is 16.9 Å². The third kappa shape index (κ3) is 5.18. The summed E-state index contributed by atoms with van der Waals surface area (Å²) in [6.45, 7) is 2.07. The van der Waals surface area contributed by atoms with Gasteiger partial charge in [-0.15, -0.1) is 0 Å². The summed E-state index contributed by atoms with van der Waals surface area (Å²) in [4.78, 5) is 14.7. The van der Waals surface area contributed by atoms with Gasteiger partial charge in [-0.1, -0.05) is 24.3 Å². The maximum atomic E-state index is 10.4. The number of unbranched alkanes of at least 4 members (excludes halogenated alkanes) is 1. The molecule has 0 spiro atoms. The minimum absolute atomic E-state index is 0.246. The number of aromatic nitrogens is 1. The highest BCUT2D eigenvalue weighted by Gasteiger charge is 2.06. The second kappa shape index (κ2) is 9.00. The molecule has 3 rings (SSSR count). The summed E-state index contributed by atoms with van der Waals surface area (Å²) >= 11 is 0. The molecule has 0 fully saturated rings.